The second kappa shape index (κ2) is 5.51. The number of anilines is 1. The van der Waals surface area contributed by atoms with Crippen molar-refractivity contribution in [3.63, 3.8) is 0 Å². The van der Waals surface area contributed by atoms with Crippen molar-refractivity contribution in [2.24, 2.45) is 5.84 Å². The number of hydrogen-bond acceptors (Lipinski definition) is 6. The van der Waals surface area contributed by atoms with Gasteiger partial charge >= 0.3 is 0 Å². The van der Waals surface area contributed by atoms with Crippen molar-refractivity contribution in [3.05, 3.63) is 16.3 Å². The summed E-state index contributed by atoms with van der Waals surface area (Å²) in [5, 5.41) is 1.15. The molecule has 1 fully saturated rings. The van der Waals surface area contributed by atoms with Crippen LogP contribution in [0.1, 0.15) is 47.9 Å². The van der Waals surface area contributed by atoms with Crippen LogP contribution in [0.25, 0.3) is 10.2 Å². The molecule has 2 aliphatic rings. The summed E-state index contributed by atoms with van der Waals surface area (Å²) in [4.78, 5) is 12.1. The highest BCUT2D eigenvalue weighted by molar-refractivity contribution is 7.19. The van der Waals surface area contributed by atoms with Crippen LogP contribution in [-0.4, -0.2) is 23.2 Å². The monoisotopic (exact) mass is 304 g/mol. The molecule has 6 heteroatoms. The van der Waals surface area contributed by atoms with Gasteiger partial charge in [-0.2, -0.15) is 0 Å². The van der Waals surface area contributed by atoms with Crippen molar-refractivity contribution in [2.75, 3.05) is 18.6 Å². The molecule has 4 rings (SSSR count). The van der Waals surface area contributed by atoms with Crippen LogP contribution in [0, 0.1) is 0 Å². The quantitative estimate of drug-likeness (QED) is 0.659. The summed E-state index contributed by atoms with van der Waals surface area (Å²) in [5.74, 6) is 7.71. The molecule has 0 aromatic carbocycles. The number of thiophene rings is 1. The molecule has 1 atom stereocenters. The van der Waals surface area contributed by atoms with Crippen LogP contribution in [0.4, 0.5) is 5.82 Å². The zero-order chi connectivity index (χ0) is 14.2. The van der Waals surface area contributed by atoms with E-state index in [1.54, 1.807) is 0 Å². The maximum Gasteiger partial charge on any atom is 0.152 e. The van der Waals surface area contributed by atoms with Gasteiger partial charge in [0.25, 0.3) is 0 Å². The van der Waals surface area contributed by atoms with Crippen LogP contribution >= 0.6 is 11.3 Å². The molecule has 112 valence electrons. The lowest BCUT2D eigenvalue weighted by Gasteiger charge is -2.21. The van der Waals surface area contributed by atoms with Crippen molar-refractivity contribution < 1.29 is 4.74 Å². The van der Waals surface area contributed by atoms with E-state index in [0.717, 1.165) is 54.3 Å². The van der Waals surface area contributed by atoms with Crippen LogP contribution in [0.2, 0.25) is 0 Å². The third kappa shape index (κ3) is 2.31. The van der Waals surface area contributed by atoms with Gasteiger partial charge in [0.15, 0.2) is 5.82 Å². The van der Waals surface area contributed by atoms with E-state index in [0.29, 0.717) is 5.92 Å². The molecule has 0 radical (unpaired) electrons. The molecule has 0 saturated carbocycles. The zero-order valence-corrected chi connectivity index (χ0v) is 12.8. The first-order valence-corrected chi connectivity index (χ1v) is 8.55. The molecule has 0 bridgehead atoms. The maximum absolute atomic E-state index is 5.74. The summed E-state index contributed by atoms with van der Waals surface area (Å²) in [5.41, 5.74) is 4.22. The van der Waals surface area contributed by atoms with Crippen LogP contribution in [0.3, 0.4) is 0 Å². The van der Waals surface area contributed by atoms with Crippen molar-refractivity contribution in [1.82, 2.24) is 9.97 Å². The van der Waals surface area contributed by atoms with Gasteiger partial charge in [0.2, 0.25) is 0 Å². The Morgan fingerprint density at radius 2 is 2.10 bits per heavy atom. The van der Waals surface area contributed by atoms with Gasteiger partial charge in [-0.15, -0.1) is 11.3 Å². The predicted molar refractivity (Wildman–Crippen MR) is 84.7 cm³/mol. The topological polar surface area (TPSA) is 73.1 Å². The van der Waals surface area contributed by atoms with Gasteiger partial charge in [0, 0.05) is 17.4 Å². The number of rotatable bonds is 2. The Kier molecular flexibility index (Phi) is 3.52. The minimum absolute atomic E-state index is 0.300. The summed E-state index contributed by atoms with van der Waals surface area (Å²) in [7, 11) is 0. The Morgan fingerprint density at radius 3 is 2.90 bits per heavy atom. The Labute approximate surface area is 127 Å². The molecule has 1 aliphatic heterocycles. The van der Waals surface area contributed by atoms with Gasteiger partial charge in [0.1, 0.15) is 10.7 Å². The number of nitrogen functional groups attached to an aromatic ring is 1. The van der Waals surface area contributed by atoms with Crippen molar-refractivity contribution >= 4 is 27.4 Å². The normalized spacial score (nSPS) is 22.2. The molecule has 1 unspecified atom stereocenters. The molecule has 21 heavy (non-hydrogen) atoms. The molecular weight excluding hydrogens is 284 g/mol. The van der Waals surface area contributed by atoms with Gasteiger partial charge in [-0.1, -0.05) is 0 Å². The van der Waals surface area contributed by atoms with E-state index < -0.39 is 0 Å². The van der Waals surface area contributed by atoms with Crippen LogP contribution < -0.4 is 11.3 Å². The number of fused-ring (bicyclic) bond motifs is 3. The molecule has 1 saturated heterocycles. The van der Waals surface area contributed by atoms with Gasteiger partial charge in [0.05, 0.1) is 12.0 Å². The fraction of sp³-hybridized carbons (Fsp3) is 0.600. The first kappa shape index (κ1) is 13.4. The number of hydrogen-bond donors (Lipinski definition) is 2. The van der Waals surface area contributed by atoms with E-state index in [1.807, 2.05) is 11.3 Å². The summed E-state index contributed by atoms with van der Waals surface area (Å²) < 4.78 is 5.58. The first-order valence-electron chi connectivity index (χ1n) is 7.73. The molecular formula is C15H20N4OS. The van der Waals surface area contributed by atoms with E-state index in [1.165, 1.54) is 29.7 Å². The second-order valence-corrected chi connectivity index (χ2v) is 6.96. The van der Waals surface area contributed by atoms with E-state index >= 15 is 0 Å². The molecule has 3 heterocycles. The third-order valence-electron chi connectivity index (χ3n) is 4.49. The lowest BCUT2D eigenvalue weighted by atomic mass is 9.96. The Hall–Kier alpha value is -1.24. The largest absolute Gasteiger partial charge is 0.381 e. The van der Waals surface area contributed by atoms with Crippen molar-refractivity contribution in [1.29, 1.82) is 0 Å². The lowest BCUT2D eigenvalue weighted by Crippen LogP contribution is -2.19. The van der Waals surface area contributed by atoms with E-state index in [4.69, 9.17) is 20.5 Å². The Balaban J connectivity index is 1.83. The Morgan fingerprint density at radius 1 is 1.19 bits per heavy atom. The number of nitrogens with zero attached hydrogens (tertiary/aromatic N) is 2. The van der Waals surface area contributed by atoms with Crippen molar-refractivity contribution in [2.45, 2.75) is 44.4 Å². The number of aryl methyl sites for hydroxylation is 2. The fourth-order valence-corrected chi connectivity index (χ4v) is 4.67. The maximum atomic E-state index is 5.74. The standard InChI is InChI=1S/C15H20N4OS/c16-19-14-12-10-5-1-2-6-11(10)21-15(12)18-13(17-14)9-4-3-7-20-8-9/h9H,1-8,16H2,(H,17,18,19). The Bertz CT molecular complexity index is 663. The lowest BCUT2D eigenvalue weighted by molar-refractivity contribution is 0.0782. The molecule has 3 N–H and O–H groups in total. The SMILES string of the molecule is NNc1nc(C2CCCOC2)nc2sc3c(c12)CCCC3. The molecule has 0 amide bonds. The van der Waals surface area contributed by atoms with Crippen LogP contribution in [0.15, 0.2) is 0 Å². The minimum atomic E-state index is 0.300. The summed E-state index contributed by atoms with van der Waals surface area (Å²) in [6.07, 6.45) is 7.00. The average Bonchev–Trinajstić information content (AvgIpc) is 2.93. The van der Waals surface area contributed by atoms with Gasteiger partial charge < -0.3 is 10.2 Å². The summed E-state index contributed by atoms with van der Waals surface area (Å²) in [6, 6.07) is 0. The van der Waals surface area contributed by atoms with Crippen LogP contribution in [-0.2, 0) is 17.6 Å². The third-order valence-corrected chi connectivity index (χ3v) is 5.68. The predicted octanol–water partition coefficient (Wildman–Crippen LogP) is 2.75. The number of nitrogens with one attached hydrogen (secondary N) is 1. The number of hydrazine groups is 1. The fourth-order valence-electron chi connectivity index (χ4n) is 3.41. The summed E-state index contributed by atoms with van der Waals surface area (Å²) in [6.45, 7) is 1.58. The first-order chi connectivity index (χ1) is 10.4. The average molecular weight is 304 g/mol. The number of aromatic nitrogens is 2. The highest BCUT2D eigenvalue weighted by Crippen LogP contribution is 2.39. The number of nitrogens with two attached hydrogens (primary N) is 1. The smallest absolute Gasteiger partial charge is 0.152 e. The van der Waals surface area contributed by atoms with E-state index in [-0.39, 0.29) is 0 Å². The highest BCUT2D eigenvalue weighted by Gasteiger charge is 2.24. The van der Waals surface area contributed by atoms with E-state index in [9.17, 15) is 0 Å². The van der Waals surface area contributed by atoms with Gasteiger partial charge in [-0.05, 0) is 44.1 Å². The van der Waals surface area contributed by atoms with E-state index in [2.05, 4.69) is 5.43 Å². The van der Waals surface area contributed by atoms with Gasteiger partial charge in [-0.3, -0.25) is 0 Å². The van der Waals surface area contributed by atoms with Crippen LogP contribution in [0.5, 0.6) is 0 Å². The molecule has 2 aromatic rings. The minimum Gasteiger partial charge on any atom is -0.381 e. The number of ether oxygens (including phenoxy) is 1. The highest BCUT2D eigenvalue weighted by atomic mass is 32.1. The second-order valence-electron chi connectivity index (χ2n) is 5.88. The van der Waals surface area contributed by atoms with Crippen molar-refractivity contribution in [3.8, 4) is 0 Å². The van der Waals surface area contributed by atoms with Gasteiger partial charge in [-0.25, -0.2) is 15.8 Å². The summed E-state index contributed by atoms with van der Waals surface area (Å²) >= 11 is 1.82. The molecule has 0 spiro atoms. The zero-order valence-electron chi connectivity index (χ0n) is 12.0. The molecule has 5 nitrogen and oxygen atoms in total. The molecule has 1 aliphatic carbocycles. The molecule has 2 aromatic heterocycles.